The Hall–Kier alpha value is -1.65. The first-order valence-corrected chi connectivity index (χ1v) is 7.13. The van der Waals surface area contributed by atoms with Crippen molar-refractivity contribution in [1.29, 1.82) is 0 Å². The molecule has 1 atom stereocenters. The van der Waals surface area contributed by atoms with Crippen LogP contribution in [-0.2, 0) is 0 Å². The van der Waals surface area contributed by atoms with Crippen LogP contribution in [0.1, 0.15) is 27.5 Å². The topological polar surface area (TPSA) is 49.3 Å². The fraction of sp³-hybridized carbons (Fsp3) is 0.188. The van der Waals surface area contributed by atoms with Crippen LogP contribution in [0.4, 0.5) is 0 Å². The Morgan fingerprint density at radius 3 is 2.55 bits per heavy atom. The van der Waals surface area contributed by atoms with Crippen LogP contribution >= 0.6 is 15.9 Å². The van der Waals surface area contributed by atoms with Gasteiger partial charge in [0.25, 0.3) is 5.91 Å². The van der Waals surface area contributed by atoms with Crippen LogP contribution < -0.4 is 5.32 Å². The van der Waals surface area contributed by atoms with Crippen molar-refractivity contribution in [2.24, 2.45) is 0 Å². The lowest BCUT2D eigenvalue weighted by Gasteiger charge is -2.17. The highest BCUT2D eigenvalue weighted by atomic mass is 79.9. The Labute approximate surface area is 126 Å². The molecule has 2 aromatic carbocycles. The molecule has 0 fully saturated rings. The molecule has 0 aliphatic carbocycles. The molecule has 3 nitrogen and oxygen atoms in total. The van der Waals surface area contributed by atoms with Crippen molar-refractivity contribution in [3.8, 4) is 0 Å². The van der Waals surface area contributed by atoms with E-state index >= 15 is 0 Å². The third-order valence-corrected chi connectivity index (χ3v) is 3.45. The zero-order chi connectivity index (χ0) is 14.5. The maximum Gasteiger partial charge on any atom is 0.251 e. The summed E-state index contributed by atoms with van der Waals surface area (Å²) in [5.74, 6) is -0.197. The van der Waals surface area contributed by atoms with Gasteiger partial charge in [0, 0.05) is 10.0 Å². The molecule has 0 saturated heterocycles. The van der Waals surface area contributed by atoms with Gasteiger partial charge in [0.2, 0.25) is 0 Å². The van der Waals surface area contributed by atoms with Gasteiger partial charge >= 0.3 is 0 Å². The monoisotopic (exact) mass is 333 g/mol. The number of aliphatic hydroxyl groups excluding tert-OH is 1. The van der Waals surface area contributed by atoms with Gasteiger partial charge in [0.05, 0.1) is 12.6 Å². The van der Waals surface area contributed by atoms with E-state index in [-0.39, 0.29) is 12.5 Å². The molecule has 0 unspecified atom stereocenters. The molecule has 2 aromatic rings. The second kappa shape index (κ2) is 6.68. The van der Waals surface area contributed by atoms with E-state index < -0.39 is 6.04 Å². The van der Waals surface area contributed by atoms with Crippen molar-refractivity contribution >= 4 is 21.8 Å². The summed E-state index contributed by atoms with van der Waals surface area (Å²) in [6.45, 7) is 1.80. The average molecular weight is 334 g/mol. The minimum Gasteiger partial charge on any atom is -0.394 e. The molecule has 0 saturated carbocycles. The summed E-state index contributed by atoms with van der Waals surface area (Å²) in [7, 11) is 0. The normalized spacial score (nSPS) is 11.9. The van der Waals surface area contributed by atoms with Crippen molar-refractivity contribution in [1.82, 2.24) is 5.32 Å². The van der Waals surface area contributed by atoms with Crippen LogP contribution in [0.3, 0.4) is 0 Å². The van der Waals surface area contributed by atoms with Crippen molar-refractivity contribution in [2.75, 3.05) is 6.61 Å². The van der Waals surface area contributed by atoms with Crippen LogP contribution in [0.25, 0.3) is 0 Å². The molecule has 2 rings (SSSR count). The van der Waals surface area contributed by atoms with E-state index in [4.69, 9.17) is 0 Å². The Bertz CT molecular complexity index is 578. The van der Waals surface area contributed by atoms with Gasteiger partial charge in [-0.1, -0.05) is 46.3 Å². The molecule has 4 heteroatoms. The van der Waals surface area contributed by atoms with Gasteiger partial charge in [0.15, 0.2) is 0 Å². The molecule has 104 valence electrons. The zero-order valence-electron chi connectivity index (χ0n) is 11.1. The van der Waals surface area contributed by atoms with E-state index in [2.05, 4.69) is 21.2 Å². The number of hydrogen-bond acceptors (Lipinski definition) is 2. The molecular formula is C16H16BrNO2. The molecule has 0 aliphatic rings. The van der Waals surface area contributed by atoms with Crippen molar-refractivity contribution in [2.45, 2.75) is 13.0 Å². The number of benzene rings is 2. The van der Waals surface area contributed by atoms with Gasteiger partial charge in [0.1, 0.15) is 0 Å². The molecule has 0 heterocycles. The summed E-state index contributed by atoms with van der Waals surface area (Å²) in [6.07, 6.45) is 0. The highest BCUT2D eigenvalue weighted by molar-refractivity contribution is 9.10. The summed E-state index contributed by atoms with van der Waals surface area (Å²) >= 11 is 3.38. The van der Waals surface area contributed by atoms with Crippen molar-refractivity contribution in [3.05, 3.63) is 69.7 Å². The van der Waals surface area contributed by atoms with Gasteiger partial charge in [-0.25, -0.2) is 0 Å². The smallest absolute Gasteiger partial charge is 0.251 e. The third-order valence-electron chi connectivity index (χ3n) is 2.99. The van der Waals surface area contributed by atoms with E-state index in [9.17, 15) is 9.90 Å². The number of nitrogens with one attached hydrogen (secondary N) is 1. The van der Waals surface area contributed by atoms with Crippen molar-refractivity contribution in [3.63, 3.8) is 0 Å². The number of carbonyl (C=O) groups is 1. The van der Waals surface area contributed by atoms with Gasteiger partial charge in [-0.15, -0.1) is 0 Å². The van der Waals surface area contributed by atoms with Crippen LogP contribution in [0.2, 0.25) is 0 Å². The Kier molecular flexibility index (Phi) is 4.93. The molecule has 0 radical (unpaired) electrons. The number of amides is 1. The standard InChI is InChI=1S/C16H16BrNO2/c1-11-7-13(9-14(17)8-11)16(20)18-15(10-19)12-5-3-2-4-6-12/h2-9,15,19H,10H2,1H3,(H,18,20)/t15-/m0/s1. The lowest BCUT2D eigenvalue weighted by molar-refractivity contribution is 0.0916. The molecule has 1 amide bonds. The first-order chi connectivity index (χ1) is 9.60. The number of hydrogen-bond donors (Lipinski definition) is 2. The number of carbonyl (C=O) groups excluding carboxylic acids is 1. The van der Waals surface area contributed by atoms with Crippen LogP contribution in [-0.4, -0.2) is 17.6 Å². The van der Waals surface area contributed by atoms with Gasteiger partial charge in [-0.3, -0.25) is 4.79 Å². The van der Waals surface area contributed by atoms with E-state index in [0.29, 0.717) is 5.56 Å². The van der Waals surface area contributed by atoms with Gasteiger partial charge in [-0.05, 0) is 36.2 Å². The minimum absolute atomic E-state index is 0.136. The minimum atomic E-state index is -0.400. The maximum atomic E-state index is 12.2. The van der Waals surface area contributed by atoms with Crippen molar-refractivity contribution < 1.29 is 9.90 Å². The van der Waals surface area contributed by atoms with Crippen LogP contribution in [0.5, 0.6) is 0 Å². The first kappa shape index (κ1) is 14.8. The highest BCUT2D eigenvalue weighted by Crippen LogP contribution is 2.17. The van der Waals surface area contributed by atoms with E-state index in [1.54, 1.807) is 6.07 Å². The second-order valence-electron chi connectivity index (χ2n) is 4.64. The molecule has 20 heavy (non-hydrogen) atoms. The molecule has 2 N–H and O–H groups in total. The summed E-state index contributed by atoms with van der Waals surface area (Å²) in [4.78, 5) is 12.2. The number of aliphatic hydroxyl groups is 1. The lowest BCUT2D eigenvalue weighted by atomic mass is 10.1. The summed E-state index contributed by atoms with van der Waals surface area (Å²) < 4.78 is 0.864. The predicted molar refractivity (Wildman–Crippen MR) is 82.6 cm³/mol. The van der Waals surface area contributed by atoms with E-state index in [1.807, 2.05) is 49.4 Å². The van der Waals surface area contributed by atoms with E-state index in [1.165, 1.54) is 0 Å². The summed E-state index contributed by atoms with van der Waals surface area (Å²) in [5.41, 5.74) is 2.46. The number of rotatable bonds is 4. The predicted octanol–water partition coefficient (Wildman–Crippen LogP) is 3.22. The fourth-order valence-corrected chi connectivity index (χ4v) is 2.64. The third kappa shape index (κ3) is 3.68. The molecule has 0 aromatic heterocycles. The Morgan fingerprint density at radius 1 is 1.25 bits per heavy atom. The fourth-order valence-electron chi connectivity index (χ4n) is 2.03. The van der Waals surface area contributed by atoms with Crippen LogP contribution in [0.15, 0.2) is 53.0 Å². The molecule has 0 spiro atoms. The SMILES string of the molecule is Cc1cc(Br)cc(C(=O)N[C@@H](CO)c2ccccc2)c1. The number of aryl methyl sites for hydroxylation is 1. The number of halogens is 1. The first-order valence-electron chi connectivity index (χ1n) is 6.34. The molecule has 0 bridgehead atoms. The molecular weight excluding hydrogens is 318 g/mol. The lowest BCUT2D eigenvalue weighted by Crippen LogP contribution is -2.30. The Balaban J connectivity index is 2.17. The highest BCUT2D eigenvalue weighted by Gasteiger charge is 2.15. The van der Waals surface area contributed by atoms with Gasteiger partial charge < -0.3 is 10.4 Å². The molecule has 0 aliphatic heterocycles. The summed E-state index contributed by atoms with van der Waals surface area (Å²) in [6, 6.07) is 14.6. The quantitative estimate of drug-likeness (QED) is 0.902. The van der Waals surface area contributed by atoms with E-state index in [0.717, 1.165) is 15.6 Å². The zero-order valence-corrected chi connectivity index (χ0v) is 12.7. The maximum absolute atomic E-state index is 12.2. The largest absolute Gasteiger partial charge is 0.394 e. The van der Waals surface area contributed by atoms with Crippen LogP contribution in [0, 0.1) is 6.92 Å². The Morgan fingerprint density at radius 2 is 1.95 bits per heavy atom. The average Bonchev–Trinajstić information content (AvgIpc) is 2.44. The summed E-state index contributed by atoms with van der Waals surface area (Å²) in [5, 5.41) is 12.3. The van der Waals surface area contributed by atoms with Gasteiger partial charge in [-0.2, -0.15) is 0 Å². The second-order valence-corrected chi connectivity index (χ2v) is 5.55.